The van der Waals surface area contributed by atoms with Gasteiger partial charge in [0, 0.05) is 0 Å². The molecule has 2 radical (unpaired) electrons. The van der Waals surface area contributed by atoms with Crippen molar-refractivity contribution in [3.05, 3.63) is 0 Å². The molecule has 10 heavy (non-hydrogen) atoms. The van der Waals surface area contributed by atoms with Crippen LogP contribution in [0.5, 0.6) is 0 Å². The minimum absolute atomic E-state index is 0. The second-order valence-electron chi connectivity index (χ2n) is 0. The third-order valence-electron chi connectivity index (χ3n) is 0. The number of hydrogen-bond acceptors (Lipinski definition) is 4. The fraction of sp³-hybridized carbons (Fsp3) is 1.00. The van der Waals surface area contributed by atoms with Gasteiger partial charge in [-0.05, 0) is 0 Å². The molecule has 0 saturated carbocycles. The summed E-state index contributed by atoms with van der Waals surface area (Å²) in [7, 11) is 3.00. The van der Waals surface area contributed by atoms with Crippen LogP contribution in [0.25, 0.3) is 0 Å². The Morgan fingerprint density at radius 1 is 0.500 bits per heavy atom. The zero-order valence-electron chi connectivity index (χ0n) is 7.08. The minimum atomic E-state index is 0. The Morgan fingerprint density at radius 2 is 0.500 bits per heavy atom. The normalized spacial score (nSPS) is 2.40. The molecule has 0 bridgehead atoms. The van der Waals surface area contributed by atoms with E-state index >= 15 is 0 Å². The van der Waals surface area contributed by atoms with Crippen molar-refractivity contribution in [2.75, 3.05) is 28.4 Å². The van der Waals surface area contributed by atoms with Crippen molar-refractivity contribution in [3.8, 4) is 0 Å². The van der Waals surface area contributed by atoms with Gasteiger partial charge in [-0.2, -0.15) is 28.4 Å². The Balaban J connectivity index is -0.00000000500. The van der Waals surface area contributed by atoms with Crippen LogP contribution >= 0.6 is 0 Å². The molecule has 0 heterocycles. The van der Waals surface area contributed by atoms with E-state index in [1.165, 1.54) is 0 Å². The van der Waals surface area contributed by atoms with Crippen LogP contribution in [-0.4, -0.2) is 28.4 Å². The molecular weight excluding hydrogens is 149 g/mol. The molecular formula is C4H12NNaO4. The first-order chi connectivity index (χ1) is 4.00. The van der Waals surface area contributed by atoms with Crippen LogP contribution in [-0.2, 0) is 0 Å². The van der Waals surface area contributed by atoms with Gasteiger partial charge in [0.05, 0.1) is 0 Å². The van der Waals surface area contributed by atoms with Gasteiger partial charge in [0.25, 0.3) is 0 Å². The predicted molar refractivity (Wildman–Crippen MR) is 25.8 cm³/mol. The van der Waals surface area contributed by atoms with Gasteiger partial charge in [0.2, 0.25) is 0 Å². The molecule has 0 amide bonds. The van der Waals surface area contributed by atoms with Gasteiger partial charge in [-0.1, -0.05) is 0 Å². The standard InChI is InChI=1S/4CH3O.N.Na/c4*1-2;;/h4*1H3;;/q4*-1;+3;+1. The van der Waals surface area contributed by atoms with E-state index in [0.717, 1.165) is 28.4 Å². The zero-order valence-corrected chi connectivity index (χ0v) is 9.08. The summed E-state index contributed by atoms with van der Waals surface area (Å²) in [5.74, 6) is 0. The smallest absolute Gasteiger partial charge is 0.857 e. The second-order valence-corrected chi connectivity index (χ2v) is 0. The molecule has 0 aliphatic heterocycles. The Morgan fingerprint density at radius 3 is 0.500 bits per heavy atom. The van der Waals surface area contributed by atoms with Crippen molar-refractivity contribution < 1.29 is 50.0 Å². The number of nitrogens with zero attached hydrogens (tertiary/aromatic N) is 1. The monoisotopic (exact) mass is 161 g/mol. The largest absolute Gasteiger partial charge is 3.00 e. The van der Waals surface area contributed by atoms with Gasteiger partial charge in [-0.3, -0.25) is 0 Å². The predicted octanol–water partition coefficient (Wildman–Crippen LogP) is -7.57. The Kier molecular flexibility index (Phi) is 10700. The van der Waals surface area contributed by atoms with E-state index in [9.17, 15) is 0 Å². The molecule has 58 valence electrons. The van der Waals surface area contributed by atoms with E-state index in [0.29, 0.717) is 0 Å². The first kappa shape index (κ1) is 46.5. The van der Waals surface area contributed by atoms with Crippen molar-refractivity contribution in [1.82, 2.24) is 6.15 Å². The first-order valence-corrected chi connectivity index (χ1v) is 1.63. The Labute approximate surface area is 84.6 Å². The van der Waals surface area contributed by atoms with Crippen molar-refractivity contribution in [2.24, 2.45) is 0 Å². The van der Waals surface area contributed by atoms with E-state index < -0.39 is 0 Å². The maximum Gasteiger partial charge on any atom is 3.00 e. The quantitative estimate of drug-likeness (QED) is 0.327. The maximum atomic E-state index is 8.25. The van der Waals surface area contributed by atoms with Crippen molar-refractivity contribution in [3.63, 3.8) is 0 Å². The molecule has 0 N–H and O–H groups in total. The summed E-state index contributed by atoms with van der Waals surface area (Å²) in [6, 6.07) is 0. The second kappa shape index (κ2) is 2310. The van der Waals surface area contributed by atoms with Gasteiger partial charge in [-0.15, -0.1) is 0 Å². The average molecular weight is 161 g/mol. The summed E-state index contributed by atoms with van der Waals surface area (Å²) < 4.78 is 0. The van der Waals surface area contributed by atoms with Crippen molar-refractivity contribution in [2.45, 2.75) is 0 Å². The molecule has 6 heteroatoms. The van der Waals surface area contributed by atoms with E-state index in [1.54, 1.807) is 0 Å². The summed E-state index contributed by atoms with van der Waals surface area (Å²) in [6.07, 6.45) is 0. The SMILES string of the molecule is C[O-].C[O-].C[O-].C[O-].[N+3].[Na+]. The zero-order chi connectivity index (χ0) is 8.00. The molecule has 0 aliphatic carbocycles. The number of hydrogen-bond donors (Lipinski definition) is 0. The maximum absolute atomic E-state index is 8.25. The van der Waals surface area contributed by atoms with Gasteiger partial charge in [-0.25, -0.2) is 0 Å². The van der Waals surface area contributed by atoms with E-state index in [4.69, 9.17) is 20.4 Å². The van der Waals surface area contributed by atoms with Crippen molar-refractivity contribution in [1.29, 1.82) is 0 Å². The van der Waals surface area contributed by atoms with Gasteiger partial charge < -0.3 is 20.4 Å². The molecule has 0 fully saturated rings. The molecule has 0 aliphatic rings. The van der Waals surface area contributed by atoms with Crippen LogP contribution in [0.15, 0.2) is 0 Å². The third kappa shape index (κ3) is 1610. The van der Waals surface area contributed by atoms with E-state index in [2.05, 4.69) is 0 Å². The van der Waals surface area contributed by atoms with Crippen LogP contribution in [0.2, 0.25) is 0 Å². The molecule has 5 nitrogen and oxygen atoms in total. The molecule has 0 saturated heterocycles. The summed E-state index contributed by atoms with van der Waals surface area (Å²) in [5, 5.41) is 33.0. The summed E-state index contributed by atoms with van der Waals surface area (Å²) in [4.78, 5) is 0. The number of rotatable bonds is 0. The average Bonchev–Trinajstić information content (AvgIpc) is 2.03. The molecule has 0 unspecified atom stereocenters. The molecule has 0 aromatic carbocycles. The van der Waals surface area contributed by atoms with Crippen LogP contribution in [0, 0.1) is 0 Å². The fourth-order valence-electron chi connectivity index (χ4n) is 0. The molecule has 0 rings (SSSR count). The summed E-state index contributed by atoms with van der Waals surface area (Å²) in [6.45, 7) is 0. The first-order valence-electron chi connectivity index (χ1n) is 1.63. The van der Waals surface area contributed by atoms with Gasteiger partial charge in [0.15, 0.2) is 0 Å². The summed E-state index contributed by atoms with van der Waals surface area (Å²) in [5.41, 5.74) is 0. The van der Waals surface area contributed by atoms with Crippen LogP contribution in [0.1, 0.15) is 0 Å². The molecule has 0 spiro atoms. The minimum Gasteiger partial charge on any atom is -0.857 e. The summed E-state index contributed by atoms with van der Waals surface area (Å²) >= 11 is 0. The fourth-order valence-corrected chi connectivity index (χ4v) is 0. The topological polar surface area (TPSA) is 123 Å². The molecule has 0 aromatic rings. The van der Waals surface area contributed by atoms with E-state index in [-0.39, 0.29) is 35.7 Å². The van der Waals surface area contributed by atoms with Gasteiger partial charge in [0.1, 0.15) is 0 Å². The molecule has 0 aromatic heterocycles. The Bertz CT molecular complexity index is 17.2. The van der Waals surface area contributed by atoms with Crippen LogP contribution in [0.4, 0.5) is 0 Å². The molecule has 0 atom stereocenters. The van der Waals surface area contributed by atoms with Gasteiger partial charge >= 0.3 is 35.7 Å². The van der Waals surface area contributed by atoms with Crippen LogP contribution < -0.4 is 56.1 Å². The third-order valence-corrected chi connectivity index (χ3v) is 0. The van der Waals surface area contributed by atoms with Crippen LogP contribution in [0.3, 0.4) is 0 Å². The van der Waals surface area contributed by atoms with Crippen molar-refractivity contribution >= 4 is 0 Å². The van der Waals surface area contributed by atoms with E-state index in [1.807, 2.05) is 0 Å². The Hall–Kier alpha value is 0.550.